The Labute approximate surface area is 126 Å². The van der Waals surface area contributed by atoms with Crippen molar-refractivity contribution in [1.82, 2.24) is 9.88 Å². The van der Waals surface area contributed by atoms with Gasteiger partial charge in [-0.25, -0.2) is 4.98 Å². The second-order valence-corrected chi connectivity index (χ2v) is 5.57. The van der Waals surface area contributed by atoms with Gasteiger partial charge in [-0.05, 0) is 6.92 Å². The molecule has 116 valence electrons. The van der Waals surface area contributed by atoms with Crippen LogP contribution in [0.25, 0.3) is 0 Å². The van der Waals surface area contributed by atoms with Gasteiger partial charge >= 0.3 is 0 Å². The van der Waals surface area contributed by atoms with E-state index in [-0.39, 0.29) is 18.3 Å². The van der Waals surface area contributed by atoms with Crippen molar-refractivity contribution < 1.29 is 14.3 Å². The molecule has 4 N–H and O–H groups in total. The van der Waals surface area contributed by atoms with E-state index in [0.717, 1.165) is 13.1 Å². The number of aromatic nitrogens is 1. The van der Waals surface area contributed by atoms with Crippen LogP contribution in [0.15, 0.2) is 0 Å². The van der Waals surface area contributed by atoms with Crippen molar-refractivity contribution in [1.29, 1.82) is 0 Å². The molecular weight excluding hydrogens is 294 g/mol. The largest absolute Gasteiger partial charge is 0.382 e. The van der Waals surface area contributed by atoms with E-state index in [0.29, 0.717) is 29.8 Å². The van der Waals surface area contributed by atoms with Crippen molar-refractivity contribution in [2.24, 2.45) is 5.73 Å². The molecule has 1 aliphatic heterocycles. The second-order valence-electron chi connectivity index (χ2n) is 4.60. The Morgan fingerprint density at radius 2 is 2.10 bits per heavy atom. The average molecular weight is 313 g/mol. The second kappa shape index (κ2) is 6.72. The summed E-state index contributed by atoms with van der Waals surface area (Å²) in [5, 5.41) is 0.703. The first-order chi connectivity index (χ1) is 10.0. The lowest BCUT2D eigenvalue weighted by Gasteiger charge is -2.25. The Balaban J connectivity index is 2.17. The molecule has 0 atom stereocenters. The molecule has 2 rings (SSSR count). The van der Waals surface area contributed by atoms with Gasteiger partial charge in [0.05, 0.1) is 19.8 Å². The fraction of sp³-hybridized carbons (Fsp3) is 0.583. The normalized spacial score (nSPS) is 15.0. The van der Waals surface area contributed by atoms with Crippen LogP contribution in [0.2, 0.25) is 0 Å². The summed E-state index contributed by atoms with van der Waals surface area (Å²) in [5.74, 6) is -0.679. The van der Waals surface area contributed by atoms with Gasteiger partial charge in [0, 0.05) is 19.6 Å². The maximum atomic E-state index is 12.4. The average Bonchev–Trinajstić information content (AvgIpc) is 2.87. The van der Waals surface area contributed by atoms with E-state index in [1.165, 1.54) is 16.2 Å². The molecule has 2 heterocycles. The monoisotopic (exact) mass is 313 g/mol. The molecule has 0 aromatic carbocycles. The van der Waals surface area contributed by atoms with Gasteiger partial charge in [0.25, 0.3) is 5.91 Å². The summed E-state index contributed by atoms with van der Waals surface area (Å²) in [6.07, 6.45) is 0. The molecule has 8 nitrogen and oxygen atoms in total. The third kappa shape index (κ3) is 3.61. The number of carbonyl (C=O) groups excluding carboxylic acids is 2. The lowest BCUT2D eigenvalue weighted by atomic mass is 10.4. The molecule has 0 unspecified atom stereocenters. The quantitative estimate of drug-likeness (QED) is 0.758. The summed E-state index contributed by atoms with van der Waals surface area (Å²) in [6, 6.07) is 0. The van der Waals surface area contributed by atoms with Gasteiger partial charge in [0.2, 0.25) is 5.91 Å². The lowest BCUT2D eigenvalue weighted by Crippen LogP contribution is -2.38. The maximum absolute atomic E-state index is 12.4. The predicted molar refractivity (Wildman–Crippen MR) is 80.3 cm³/mol. The lowest BCUT2D eigenvalue weighted by molar-refractivity contribution is -0.118. The standard InChI is InChI=1S/C12H19N5O3S/c1-2-16(7-8(13)18)11(19)9-10(14)15-12(21-9)17-3-5-20-6-4-17/h2-7,14H2,1H3,(H2,13,18). The summed E-state index contributed by atoms with van der Waals surface area (Å²) < 4.78 is 5.28. The van der Waals surface area contributed by atoms with Gasteiger partial charge in [-0.2, -0.15) is 0 Å². The van der Waals surface area contributed by atoms with Crippen LogP contribution in [0.4, 0.5) is 10.9 Å². The molecule has 1 fully saturated rings. The van der Waals surface area contributed by atoms with Crippen LogP contribution in [0.1, 0.15) is 16.6 Å². The third-order valence-corrected chi connectivity index (χ3v) is 4.25. The first-order valence-corrected chi connectivity index (χ1v) is 7.51. The molecule has 1 aromatic rings. The Bertz CT molecular complexity index is 527. The van der Waals surface area contributed by atoms with Crippen molar-refractivity contribution >= 4 is 34.1 Å². The number of thiazole rings is 1. The van der Waals surface area contributed by atoms with Crippen molar-refractivity contribution in [2.75, 3.05) is 50.0 Å². The summed E-state index contributed by atoms with van der Waals surface area (Å²) in [4.78, 5) is 31.4. The van der Waals surface area contributed by atoms with Crippen LogP contribution in [0.3, 0.4) is 0 Å². The predicted octanol–water partition coefficient (Wildman–Crippen LogP) is -0.491. The zero-order valence-corrected chi connectivity index (χ0v) is 12.7. The Kier molecular flexibility index (Phi) is 4.97. The van der Waals surface area contributed by atoms with E-state index in [1.54, 1.807) is 6.92 Å². The molecule has 9 heteroatoms. The summed E-state index contributed by atoms with van der Waals surface area (Å²) in [7, 11) is 0. The summed E-state index contributed by atoms with van der Waals surface area (Å²) in [6.45, 7) is 4.74. The molecule has 1 aliphatic rings. The van der Waals surface area contributed by atoms with Gasteiger partial charge in [-0.1, -0.05) is 11.3 Å². The summed E-state index contributed by atoms with van der Waals surface area (Å²) in [5.41, 5.74) is 11.0. The molecule has 0 bridgehead atoms. The SMILES string of the molecule is CCN(CC(N)=O)C(=O)c1sc(N2CCOCC2)nc1N. The van der Waals surface area contributed by atoms with Crippen LogP contribution in [-0.4, -0.2) is 61.1 Å². The highest BCUT2D eigenvalue weighted by Gasteiger charge is 2.24. The third-order valence-electron chi connectivity index (χ3n) is 3.13. The molecule has 2 amide bonds. The molecule has 21 heavy (non-hydrogen) atoms. The number of nitrogens with two attached hydrogens (primary N) is 2. The van der Waals surface area contributed by atoms with E-state index >= 15 is 0 Å². The Morgan fingerprint density at radius 1 is 1.43 bits per heavy atom. The van der Waals surface area contributed by atoms with Crippen LogP contribution in [0.5, 0.6) is 0 Å². The first-order valence-electron chi connectivity index (χ1n) is 6.69. The molecule has 1 saturated heterocycles. The highest BCUT2D eigenvalue weighted by atomic mass is 32.1. The first kappa shape index (κ1) is 15.5. The number of anilines is 2. The van der Waals surface area contributed by atoms with Gasteiger partial charge in [-0.15, -0.1) is 0 Å². The van der Waals surface area contributed by atoms with Gasteiger partial charge in [0.1, 0.15) is 10.7 Å². The maximum Gasteiger partial charge on any atom is 0.268 e. The zero-order chi connectivity index (χ0) is 15.4. The van der Waals surface area contributed by atoms with Gasteiger partial charge in [0.15, 0.2) is 5.13 Å². The number of nitrogens with zero attached hydrogens (tertiary/aromatic N) is 3. The fourth-order valence-electron chi connectivity index (χ4n) is 2.02. The minimum atomic E-state index is -0.554. The zero-order valence-electron chi connectivity index (χ0n) is 11.9. The van der Waals surface area contributed by atoms with Crippen LogP contribution < -0.4 is 16.4 Å². The Hall–Kier alpha value is -1.87. The van der Waals surface area contributed by atoms with E-state index < -0.39 is 5.91 Å². The number of morpholine rings is 1. The fourth-order valence-corrected chi connectivity index (χ4v) is 3.03. The van der Waals surface area contributed by atoms with Crippen molar-refractivity contribution in [3.8, 4) is 0 Å². The highest BCUT2D eigenvalue weighted by molar-refractivity contribution is 7.18. The highest BCUT2D eigenvalue weighted by Crippen LogP contribution is 2.29. The number of amides is 2. The number of hydrogen-bond donors (Lipinski definition) is 2. The molecule has 0 spiro atoms. The number of carbonyl (C=O) groups is 2. The number of primary amides is 1. The van der Waals surface area contributed by atoms with E-state index in [1.807, 2.05) is 4.90 Å². The van der Waals surface area contributed by atoms with Crippen molar-refractivity contribution in [3.05, 3.63) is 4.88 Å². The van der Waals surface area contributed by atoms with Crippen LogP contribution in [-0.2, 0) is 9.53 Å². The number of rotatable bonds is 5. The molecule has 1 aromatic heterocycles. The smallest absolute Gasteiger partial charge is 0.268 e. The molecule has 0 saturated carbocycles. The number of ether oxygens (including phenoxy) is 1. The van der Waals surface area contributed by atoms with Gasteiger partial charge < -0.3 is 26.0 Å². The molecule has 0 radical (unpaired) electrons. The number of nitrogen functional groups attached to an aromatic ring is 1. The Morgan fingerprint density at radius 3 is 2.67 bits per heavy atom. The molecular formula is C12H19N5O3S. The van der Waals surface area contributed by atoms with Crippen LogP contribution in [0, 0.1) is 0 Å². The number of hydrogen-bond acceptors (Lipinski definition) is 7. The van der Waals surface area contributed by atoms with Crippen molar-refractivity contribution in [2.45, 2.75) is 6.92 Å². The topological polar surface area (TPSA) is 115 Å². The van der Waals surface area contributed by atoms with Gasteiger partial charge in [-0.3, -0.25) is 9.59 Å². The number of likely N-dealkylation sites (N-methyl/N-ethyl adjacent to an activating group) is 1. The minimum Gasteiger partial charge on any atom is -0.382 e. The van der Waals surface area contributed by atoms with E-state index in [2.05, 4.69) is 4.98 Å². The van der Waals surface area contributed by atoms with E-state index in [9.17, 15) is 9.59 Å². The van der Waals surface area contributed by atoms with Crippen LogP contribution >= 0.6 is 11.3 Å². The van der Waals surface area contributed by atoms with Crippen molar-refractivity contribution in [3.63, 3.8) is 0 Å². The van der Waals surface area contributed by atoms with E-state index in [4.69, 9.17) is 16.2 Å². The summed E-state index contributed by atoms with van der Waals surface area (Å²) >= 11 is 1.24. The molecule has 0 aliphatic carbocycles. The minimum absolute atomic E-state index is 0.125.